The third-order valence-electron chi connectivity index (χ3n) is 2.32. The molecule has 0 saturated carbocycles. The van der Waals surface area contributed by atoms with Crippen molar-refractivity contribution in [1.82, 2.24) is 9.97 Å². The first kappa shape index (κ1) is 8.50. The van der Waals surface area contributed by atoms with E-state index in [2.05, 4.69) is 9.97 Å². The van der Waals surface area contributed by atoms with Crippen LogP contribution in [0, 0.1) is 4.77 Å². The first-order valence-electron chi connectivity index (χ1n) is 4.25. The molecule has 1 aliphatic heterocycles. The quantitative estimate of drug-likeness (QED) is 0.605. The molecule has 0 amide bonds. The maximum absolute atomic E-state index is 11.5. The van der Waals surface area contributed by atoms with Crippen LogP contribution in [-0.4, -0.2) is 23.6 Å². The maximum atomic E-state index is 11.5. The molecule has 13 heavy (non-hydrogen) atoms. The summed E-state index contributed by atoms with van der Waals surface area (Å²) in [5, 5.41) is 0. The summed E-state index contributed by atoms with van der Waals surface area (Å²) < 4.78 is 0.400. The van der Waals surface area contributed by atoms with Crippen molar-refractivity contribution in [3.05, 3.63) is 20.7 Å². The largest absolute Gasteiger partial charge is 0.361 e. The molecule has 0 unspecified atom stereocenters. The van der Waals surface area contributed by atoms with Gasteiger partial charge in [-0.1, -0.05) is 0 Å². The predicted octanol–water partition coefficient (Wildman–Crippen LogP) is 0.815. The molecule has 4 nitrogen and oxygen atoms in total. The van der Waals surface area contributed by atoms with Gasteiger partial charge in [0.1, 0.15) is 5.82 Å². The van der Waals surface area contributed by atoms with Gasteiger partial charge in [0.25, 0.3) is 5.56 Å². The van der Waals surface area contributed by atoms with Crippen molar-refractivity contribution in [3.8, 4) is 0 Å². The number of aromatic amines is 2. The van der Waals surface area contributed by atoms with E-state index in [9.17, 15) is 4.79 Å². The van der Waals surface area contributed by atoms with E-state index in [1.807, 2.05) is 11.9 Å². The molecule has 2 rings (SSSR count). The highest BCUT2D eigenvalue weighted by Gasteiger charge is 2.16. The van der Waals surface area contributed by atoms with Crippen LogP contribution in [0.3, 0.4) is 0 Å². The molecule has 0 atom stereocenters. The number of nitrogens with zero attached hydrogens (tertiary/aromatic N) is 1. The zero-order chi connectivity index (χ0) is 9.42. The minimum Gasteiger partial charge on any atom is -0.361 e. The van der Waals surface area contributed by atoms with Gasteiger partial charge in [-0.3, -0.25) is 9.78 Å². The lowest BCUT2D eigenvalue weighted by Crippen LogP contribution is -2.31. The number of anilines is 1. The van der Waals surface area contributed by atoms with Crippen LogP contribution >= 0.6 is 12.2 Å². The predicted molar refractivity (Wildman–Crippen MR) is 53.8 cm³/mol. The molecule has 0 spiro atoms. The molecule has 0 fully saturated rings. The van der Waals surface area contributed by atoms with Crippen molar-refractivity contribution in [3.63, 3.8) is 0 Å². The Kier molecular flexibility index (Phi) is 1.95. The first-order chi connectivity index (χ1) is 6.18. The Labute approximate surface area is 80.6 Å². The average Bonchev–Trinajstić information content (AvgIpc) is 2.07. The lowest BCUT2D eigenvalue weighted by Gasteiger charge is -2.25. The van der Waals surface area contributed by atoms with Crippen molar-refractivity contribution < 1.29 is 0 Å². The van der Waals surface area contributed by atoms with Gasteiger partial charge in [0.2, 0.25) is 0 Å². The zero-order valence-electron chi connectivity index (χ0n) is 7.39. The smallest absolute Gasteiger partial charge is 0.256 e. The molecule has 0 aliphatic carbocycles. The molecule has 1 aromatic rings. The summed E-state index contributed by atoms with van der Waals surface area (Å²) >= 11 is 4.90. The van der Waals surface area contributed by atoms with E-state index >= 15 is 0 Å². The fraction of sp³-hybridized carbons (Fsp3) is 0.500. The Balaban J connectivity index is 2.70. The normalized spacial score (nSPS) is 15.6. The number of hydrogen-bond acceptors (Lipinski definition) is 3. The van der Waals surface area contributed by atoms with Crippen LogP contribution < -0.4 is 10.5 Å². The Bertz CT molecular complexity index is 434. The minimum atomic E-state index is -0.0506. The fourth-order valence-electron chi connectivity index (χ4n) is 1.66. The van der Waals surface area contributed by atoms with Crippen molar-refractivity contribution in [2.75, 3.05) is 18.5 Å². The lowest BCUT2D eigenvalue weighted by molar-refractivity contribution is 0.715. The van der Waals surface area contributed by atoms with Gasteiger partial charge in [-0.05, 0) is 25.1 Å². The summed E-state index contributed by atoms with van der Waals surface area (Å²) in [7, 11) is 1.96. The summed E-state index contributed by atoms with van der Waals surface area (Å²) in [6.07, 6.45) is 1.86. The second-order valence-corrected chi connectivity index (χ2v) is 3.67. The van der Waals surface area contributed by atoms with Crippen LogP contribution in [0.2, 0.25) is 0 Å². The van der Waals surface area contributed by atoms with Gasteiger partial charge in [-0.15, -0.1) is 0 Å². The number of rotatable bonds is 0. The second-order valence-electron chi connectivity index (χ2n) is 3.26. The highest BCUT2D eigenvalue weighted by Crippen LogP contribution is 2.18. The third kappa shape index (κ3) is 1.39. The van der Waals surface area contributed by atoms with Gasteiger partial charge in [-0.25, -0.2) is 0 Å². The summed E-state index contributed by atoms with van der Waals surface area (Å²) in [6.45, 7) is 0.974. The molecule has 5 heteroatoms. The highest BCUT2D eigenvalue weighted by molar-refractivity contribution is 7.71. The van der Waals surface area contributed by atoms with Gasteiger partial charge in [-0.2, -0.15) is 0 Å². The van der Waals surface area contributed by atoms with Gasteiger partial charge >= 0.3 is 0 Å². The molecule has 70 valence electrons. The molecule has 1 aromatic heterocycles. The maximum Gasteiger partial charge on any atom is 0.256 e. The first-order valence-corrected chi connectivity index (χ1v) is 4.66. The third-order valence-corrected chi connectivity index (χ3v) is 2.53. The van der Waals surface area contributed by atoms with E-state index in [1.165, 1.54) is 0 Å². The van der Waals surface area contributed by atoms with Crippen LogP contribution in [0.4, 0.5) is 5.82 Å². The van der Waals surface area contributed by atoms with Crippen LogP contribution in [0.5, 0.6) is 0 Å². The van der Waals surface area contributed by atoms with Gasteiger partial charge < -0.3 is 9.88 Å². The van der Waals surface area contributed by atoms with E-state index in [-0.39, 0.29) is 5.56 Å². The molecule has 0 bridgehead atoms. The molecule has 2 heterocycles. The standard InChI is InChI=1S/C8H11N3OS/c1-11-4-2-3-5-6(11)9-8(13)10-7(5)12/h2-4H2,1H3,(H2,9,10,12,13). The van der Waals surface area contributed by atoms with Gasteiger partial charge in [0, 0.05) is 13.6 Å². The summed E-state index contributed by atoms with van der Waals surface area (Å²) in [4.78, 5) is 19.1. The zero-order valence-corrected chi connectivity index (χ0v) is 8.20. The Morgan fingerprint density at radius 3 is 3.00 bits per heavy atom. The average molecular weight is 197 g/mol. The van der Waals surface area contributed by atoms with E-state index < -0.39 is 0 Å². The van der Waals surface area contributed by atoms with Crippen LogP contribution in [-0.2, 0) is 6.42 Å². The Morgan fingerprint density at radius 1 is 1.46 bits per heavy atom. The topological polar surface area (TPSA) is 51.9 Å². The number of aromatic nitrogens is 2. The minimum absolute atomic E-state index is 0.0506. The van der Waals surface area contributed by atoms with E-state index in [0.717, 1.165) is 30.8 Å². The van der Waals surface area contributed by atoms with Crippen LogP contribution in [0.15, 0.2) is 4.79 Å². The number of hydrogen-bond donors (Lipinski definition) is 2. The van der Waals surface area contributed by atoms with Crippen LogP contribution in [0.25, 0.3) is 0 Å². The number of H-pyrrole nitrogens is 2. The van der Waals surface area contributed by atoms with E-state index in [0.29, 0.717) is 4.77 Å². The van der Waals surface area contributed by atoms with Gasteiger partial charge in [0.15, 0.2) is 4.77 Å². The monoisotopic (exact) mass is 197 g/mol. The number of fused-ring (bicyclic) bond motifs is 1. The fourth-order valence-corrected chi connectivity index (χ4v) is 1.85. The Morgan fingerprint density at radius 2 is 2.23 bits per heavy atom. The Hall–Kier alpha value is -1.10. The highest BCUT2D eigenvalue weighted by atomic mass is 32.1. The van der Waals surface area contributed by atoms with Crippen molar-refractivity contribution >= 4 is 18.0 Å². The second kappa shape index (κ2) is 2.99. The molecular formula is C8H11N3OS. The van der Waals surface area contributed by atoms with Gasteiger partial charge in [0.05, 0.1) is 5.56 Å². The van der Waals surface area contributed by atoms with Crippen molar-refractivity contribution in [2.45, 2.75) is 12.8 Å². The van der Waals surface area contributed by atoms with E-state index in [4.69, 9.17) is 12.2 Å². The molecular weight excluding hydrogens is 186 g/mol. The number of nitrogens with one attached hydrogen (secondary N) is 2. The van der Waals surface area contributed by atoms with Crippen molar-refractivity contribution in [2.24, 2.45) is 0 Å². The molecule has 0 aromatic carbocycles. The summed E-state index contributed by atoms with van der Waals surface area (Å²) in [5.41, 5.74) is 0.771. The molecule has 1 aliphatic rings. The SMILES string of the molecule is CN1CCCc2c1[nH]c(=S)[nH]c2=O. The lowest BCUT2D eigenvalue weighted by atomic mass is 10.1. The summed E-state index contributed by atoms with van der Waals surface area (Å²) in [5.74, 6) is 0.875. The van der Waals surface area contributed by atoms with Crippen molar-refractivity contribution in [1.29, 1.82) is 0 Å². The molecule has 0 saturated heterocycles. The van der Waals surface area contributed by atoms with Crippen LogP contribution in [0.1, 0.15) is 12.0 Å². The van der Waals surface area contributed by atoms with E-state index in [1.54, 1.807) is 0 Å². The molecule has 0 radical (unpaired) electrons. The molecule has 2 N–H and O–H groups in total. The summed E-state index contributed by atoms with van der Waals surface area (Å²) in [6, 6.07) is 0.